The number of nitrogens with zero attached hydrogens (tertiary/aromatic N) is 4. The minimum absolute atomic E-state index is 0. The van der Waals surface area contributed by atoms with Gasteiger partial charge in [0.2, 0.25) is 0 Å². The molecule has 1 aliphatic heterocycles. The second-order valence-electron chi connectivity index (χ2n) is 5.21. The summed E-state index contributed by atoms with van der Waals surface area (Å²) in [6.45, 7) is -4.91. The van der Waals surface area contributed by atoms with Crippen molar-refractivity contribution in [2.45, 2.75) is 29.7 Å². The third-order valence-electron chi connectivity index (χ3n) is 3.62. The molecule has 0 aromatic carbocycles. The van der Waals surface area contributed by atoms with Gasteiger partial charge in [-0.3, -0.25) is 4.57 Å². The number of imidazole rings is 1. The molecule has 0 radical (unpaired) electrons. The molecule has 12 N–H and O–H groups in total. The maximum Gasteiger partial charge on any atom is 0.191 e. The van der Waals surface area contributed by atoms with Crippen molar-refractivity contribution in [1.29, 1.82) is 0 Å². The van der Waals surface area contributed by atoms with Gasteiger partial charge in [0.05, 0.1) is 12.9 Å². The largest absolute Gasteiger partial charge is 0.812 e. The Morgan fingerprint density at radius 3 is 2.63 bits per heavy atom. The maximum atomic E-state index is 10.9. The van der Waals surface area contributed by atoms with Crippen LogP contribution in [0.5, 0.6) is 0 Å². The topological polar surface area (TPSA) is 248 Å². The number of quaternary nitrogens is 2. The molecule has 0 unspecified atom stereocenters. The molecule has 16 heteroatoms. The molecule has 4 atom stereocenters. The average molecular weight is 443 g/mol. The molecular formula is C11H22N7O6PS2. The third kappa shape index (κ3) is 4.90. The van der Waals surface area contributed by atoms with Gasteiger partial charge in [0, 0.05) is 0 Å². The van der Waals surface area contributed by atoms with Crippen LogP contribution in [0.15, 0.2) is 11.5 Å². The summed E-state index contributed by atoms with van der Waals surface area (Å²) < 4.78 is 11.4. The van der Waals surface area contributed by atoms with E-state index in [-0.39, 0.29) is 18.1 Å². The molecule has 1 saturated heterocycles. The predicted octanol–water partition coefficient (Wildman–Crippen LogP) is -1.54. The number of fused-ring (bicyclic) bond motifs is 1. The molecule has 154 valence electrons. The highest BCUT2D eigenvalue weighted by atomic mass is 32.5. The Bertz CT molecular complexity index is 835. The zero-order chi connectivity index (χ0) is 18.4. The molecular weight excluding hydrogens is 421 g/mol. The molecule has 13 nitrogen and oxygen atoms in total. The highest BCUT2D eigenvalue weighted by molar-refractivity contribution is 8.05. The van der Waals surface area contributed by atoms with Crippen molar-refractivity contribution in [3.63, 3.8) is 0 Å². The van der Waals surface area contributed by atoms with Crippen molar-refractivity contribution < 1.29 is 29.3 Å². The quantitative estimate of drug-likeness (QED) is 0.200. The fraction of sp³-hybridized carbons (Fsp3) is 0.545. The fourth-order valence-corrected chi connectivity index (χ4v) is 3.34. The first kappa shape index (κ1) is 24.1. The number of aliphatic hydroxyl groups is 2. The lowest BCUT2D eigenvalue weighted by molar-refractivity contribution is -0.322. The van der Waals surface area contributed by atoms with Crippen molar-refractivity contribution >= 4 is 47.3 Å². The molecule has 0 amide bonds. The molecule has 2 aromatic heterocycles. The van der Waals surface area contributed by atoms with Crippen LogP contribution in [0.2, 0.25) is 0 Å². The molecule has 0 aliphatic carbocycles. The van der Waals surface area contributed by atoms with Crippen LogP contribution in [-0.2, 0) is 21.1 Å². The van der Waals surface area contributed by atoms with Crippen LogP contribution in [-0.4, -0.2) is 60.9 Å². The molecule has 3 rings (SSSR count). The van der Waals surface area contributed by atoms with E-state index in [0.717, 1.165) is 0 Å². The van der Waals surface area contributed by atoms with E-state index in [4.69, 9.17) is 10.5 Å². The third-order valence-corrected chi connectivity index (χ3v) is 4.95. The average Bonchev–Trinajstić information content (AvgIpc) is 3.08. The second kappa shape index (κ2) is 9.02. The molecule has 2 aromatic rings. The van der Waals surface area contributed by atoms with E-state index in [0.29, 0.717) is 16.3 Å². The van der Waals surface area contributed by atoms with Gasteiger partial charge in [-0.2, -0.15) is 0 Å². The van der Waals surface area contributed by atoms with Gasteiger partial charge in [0.1, 0.15) is 23.8 Å². The zero-order valence-electron chi connectivity index (χ0n) is 14.8. The van der Waals surface area contributed by atoms with E-state index in [1.54, 1.807) is 6.26 Å². The second-order valence-corrected chi connectivity index (χ2v) is 8.48. The first-order valence-electron chi connectivity index (χ1n) is 6.93. The summed E-state index contributed by atoms with van der Waals surface area (Å²) in [5, 5.41) is 20.7. The van der Waals surface area contributed by atoms with Crippen LogP contribution in [0.3, 0.4) is 0 Å². The summed E-state index contributed by atoms with van der Waals surface area (Å²) in [5.41, 5.74) is 6.47. The van der Waals surface area contributed by atoms with Crippen molar-refractivity contribution in [1.82, 2.24) is 31.8 Å². The summed E-state index contributed by atoms with van der Waals surface area (Å²) >= 11 is 5.40. The molecule has 1 aliphatic rings. The van der Waals surface area contributed by atoms with E-state index in [9.17, 15) is 20.0 Å². The van der Waals surface area contributed by atoms with Crippen LogP contribution in [0.1, 0.15) is 6.23 Å². The van der Waals surface area contributed by atoms with Gasteiger partial charge in [-0.25, -0.2) is 15.0 Å². The number of hydrogen-bond acceptors (Lipinski definition) is 12. The minimum Gasteiger partial charge on any atom is -0.812 e. The Kier molecular flexibility index (Phi) is 8.04. The fourth-order valence-electron chi connectivity index (χ4n) is 2.46. The molecule has 0 saturated carbocycles. The zero-order valence-corrected chi connectivity index (χ0v) is 17.3. The van der Waals surface area contributed by atoms with Crippen LogP contribution in [0.25, 0.3) is 11.2 Å². The number of aliphatic hydroxyl groups excluding tert-OH is 2. The summed E-state index contributed by atoms with van der Waals surface area (Å²) in [7, 11) is 0. The van der Waals surface area contributed by atoms with Crippen LogP contribution < -0.4 is 27.8 Å². The van der Waals surface area contributed by atoms with Gasteiger partial charge in [0.25, 0.3) is 0 Å². The van der Waals surface area contributed by atoms with Crippen molar-refractivity contribution in [3.8, 4) is 0 Å². The van der Waals surface area contributed by atoms with Crippen LogP contribution in [0.4, 0.5) is 5.82 Å². The minimum atomic E-state index is -4.40. The Balaban J connectivity index is 0.00000182. The highest BCUT2D eigenvalue weighted by Gasteiger charge is 2.44. The van der Waals surface area contributed by atoms with Gasteiger partial charge in [-0.1, -0.05) is 18.5 Å². The molecule has 27 heavy (non-hydrogen) atoms. The normalized spacial score (nSPS) is 25.2. The number of hydrogen-bond donors (Lipinski definition) is 5. The Morgan fingerprint density at radius 2 is 2.04 bits per heavy atom. The van der Waals surface area contributed by atoms with Gasteiger partial charge in [0.15, 0.2) is 22.8 Å². The smallest absolute Gasteiger partial charge is 0.191 e. The van der Waals surface area contributed by atoms with E-state index in [1.165, 1.54) is 22.7 Å². The van der Waals surface area contributed by atoms with E-state index in [2.05, 4.69) is 31.3 Å². The molecule has 1 fully saturated rings. The highest BCUT2D eigenvalue weighted by Crippen LogP contribution is 2.35. The number of anilines is 1. The summed E-state index contributed by atoms with van der Waals surface area (Å²) in [6.07, 6.45) is -1.79. The van der Waals surface area contributed by atoms with Crippen LogP contribution in [0, 0.1) is 0 Å². The predicted molar refractivity (Wildman–Crippen MR) is 99.6 cm³/mol. The molecule has 0 bridgehead atoms. The monoisotopic (exact) mass is 443 g/mol. The Morgan fingerprint density at radius 1 is 1.37 bits per heavy atom. The van der Waals surface area contributed by atoms with E-state index in [1.807, 2.05) is 0 Å². The van der Waals surface area contributed by atoms with Gasteiger partial charge < -0.3 is 47.3 Å². The maximum absolute atomic E-state index is 10.9. The van der Waals surface area contributed by atoms with Gasteiger partial charge >= 0.3 is 0 Å². The molecule has 3 heterocycles. The summed E-state index contributed by atoms with van der Waals surface area (Å²) in [4.78, 5) is 34.3. The number of ether oxygens (including phenoxy) is 1. The lowest BCUT2D eigenvalue weighted by atomic mass is 10.1. The number of nitrogens with two attached hydrogens (primary N) is 1. The van der Waals surface area contributed by atoms with Crippen molar-refractivity contribution in [2.75, 3.05) is 18.6 Å². The van der Waals surface area contributed by atoms with Crippen molar-refractivity contribution in [2.24, 2.45) is 0 Å². The first-order chi connectivity index (χ1) is 11.7. The number of rotatable bonds is 5. The number of nitrogen functional groups attached to an aromatic ring is 1. The van der Waals surface area contributed by atoms with E-state index >= 15 is 0 Å². The standard InChI is InChI=1S/C11H16N5O6PS2.2H3N/c1-25-11-14-8(12)5-9(15-11)16(3-13-5)10-7(18)6(17)4(22-10)2-21-23(19,20)24;;/h3-4,6-7,10,17-18H,2H2,1H3,(H2,12,14,15)(H2,19,20,24);2*1H3/t4-,6-,7-,10-;;/m1../s1. The van der Waals surface area contributed by atoms with Crippen LogP contribution >= 0.6 is 18.5 Å². The SMILES string of the molecule is CSc1nc(N)c2ncn([C@@H]3O[C@H](COP([O-])([O-])=S)[C@@H](O)[C@H]3O)c2n1.[NH4+].[NH4+]. The first-order valence-corrected chi connectivity index (χ1v) is 10.7. The lowest BCUT2D eigenvalue weighted by Crippen LogP contribution is -2.34. The lowest BCUT2D eigenvalue weighted by Gasteiger charge is -2.35. The van der Waals surface area contributed by atoms with Crippen molar-refractivity contribution in [3.05, 3.63) is 6.33 Å². The number of thioether (sulfide) groups is 1. The number of aromatic nitrogens is 4. The Hall–Kier alpha value is -0.970. The van der Waals surface area contributed by atoms with Gasteiger partial charge in [-0.15, -0.1) is 11.8 Å². The summed E-state index contributed by atoms with van der Waals surface area (Å²) in [6, 6.07) is 0. The summed E-state index contributed by atoms with van der Waals surface area (Å²) in [5.74, 6) is 0.166. The van der Waals surface area contributed by atoms with E-state index < -0.39 is 37.9 Å². The Labute approximate surface area is 163 Å². The molecule has 0 spiro atoms. The van der Waals surface area contributed by atoms with Gasteiger partial charge in [-0.05, 0) is 6.26 Å².